The van der Waals surface area contributed by atoms with Crippen LogP contribution in [0.3, 0.4) is 0 Å². The van der Waals surface area contributed by atoms with Crippen molar-refractivity contribution in [1.29, 1.82) is 0 Å². The quantitative estimate of drug-likeness (QED) is 0.813. The molecule has 5 nitrogen and oxygen atoms in total. The van der Waals surface area contributed by atoms with Crippen molar-refractivity contribution in [2.45, 2.75) is 73.9 Å². The molecule has 1 aliphatic carbocycles. The van der Waals surface area contributed by atoms with Crippen LogP contribution in [-0.2, 0) is 14.6 Å². The third-order valence-corrected chi connectivity index (χ3v) is 9.44. The molecule has 160 valence electrons. The molecule has 6 heteroatoms. The lowest BCUT2D eigenvalue weighted by atomic mass is 9.84. The van der Waals surface area contributed by atoms with Crippen LogP contribution in [-0.4, -0.2) is 50.7 Å². The highest BCUT2D eigenvalue weighted by Crippen LogP contribution is 2.34. The minimum absolute atomic E-state index is 0.108. The molecule has 0 unspecified atom stereocenters. The predicted molar refractivity (Wildman–Crippen MR) is 115 cm³/mol. The van der Waals surface area contributed by atoms with Crippen LogP contribution in [0, 0.1) is 5.92 Å². The topological polar surface area (TPSA) is 66.5 Å². The zero-order valence-corrected chi connectivity index (χ0v) is 18.1. The van der Waals surface area contributed by atoms with E-state index in [9.17, 15) is 13.2 Å². The van der Waals surface area contributed by atoms with Gasteiger partial charge in [-0.3, -0.25) is 4.79 Å². The molecule has 3 fully saturated rings. The minimum atomic E-state index is -3.33. The van der Waals surface area contributed by atoms with Gasteiger partial charge in [0.2, 0.25) is 5.91 Å². The number of benzene rings is 1. The molecule has 1 aromatic rings. The Labute approximate surface area is 175 Å². The highest BCUT2D eigenvalue weighted by atomic mass is 32.2. The summed E-state index contributed by atoms with van der Waals surface area (Å²) in [5, 5.41) is 2.92. The van der Waals surface area contributed by atoms with Crippen molar-refractivity contribution in [2.24, 2.45) is 5.92 Å². The van der Waals surface area contributed by atoms with Crippen LogP contribution in [0.25, 0.3) is 0 Å². The first kappa shape index (κ1) is 20.9. The first-order chi connectivity index (χ1) is 14.1. The second-order valence-corrected chi connectivity index (χ2v) is 11.2. The summed E-state index contributed by atoms with van der Waals surface area (Å²) in [5.74, 6) is 0.917. The maximum atomic E-state index is 13.1. The fourth-order valence-electron chi connectivity index (χ4n) is 5.27. The summed E-state index contributed by atoms with van der Waals surface area (Å²) in [6, 6.07) is 7.68. The van der Waals surface area contributed by atoms with Crippen molar-refractivity contribution < 1.29 is 13.2 Å². The standard InChI is InChI=1S/C23H34N2O3S/c26-23(20-10-14-24-15-11-20)25-16-12-22(13-17-25)29(27,28)21-8-6-19(7-9-21)18-4-2-1-3-5-18/h6-9,18,20,22,24H,1-5,10-17H2. The molecule has 1 amide bonds. The Morgan fingerprint density at radius 1 is 0.862 bits per heavy atom. The fourth-order valence-corrected chi connectivity index (χ4v) is 7.00. The molecule has 4 rings (SSSR count). The van der Waals surface area contributed by atoms with Gasteiger partial charge < -0.3 is 10.2 Å². The zero-order valence-electron chi connectivity index (χ0n) is 17.3. The Bertz CT molecular complexity index is 786. The van der Waals surface area contributed by atoms with Crippen molar-refractivity contribution in [1.82, 2.24) is 10.2 Å². The number of sulfone groups is 1. The largest absolute Gasteiger partial charge is 0.342 e. The van der Waals surface area contributed by atoms with Crippen molar-refractivity contribution in [2.75, 3.05) is 26.2 Å². The smallest absolute Gasteiger partial charge is 0.225 e. The summed E-state index contributed by atoms with van der Waals surface area (Å²) < 4.78 is 26.3. The lowest BCUT2D eigenvalue weighted by Crippen LogP contribution is -2.46. The van der Waals surface area contributed by atoms with Gasteiger partial charge >= 0.3 is 0 Å². The number of nitrogens with zero attached hydrogens (tertiary/aromatic N) is 1. The van der Waals surface area contributed by atoms with Crippen molar-refractivity contribution >= 4 is 15.7 Å². The molecule has 0 radical (unpaired) electrons. The number of carbonyl (C=O) groups excluding carboxylic acids is 1. The Morgan fingerprint density at radius 3 is 2.10 bits per heavy atom. The van der Waals surface area contributed by atoms with E-state index in [1.54, 1.807) is 0 Å². The second kappa shape index (κ2) is 9.17. The average molecular weight is 419 g/mol. The second-order valence-electron chi connectivity index (χ2n) is 9.00. The Morgan fingerprint density at radius 2 is 1.48 bits per heavy atom. The third kappa shape index (κ3) is 4.69. The number of piperidine rings is 2. The average Bonchev–Trinajstić information content (AvgIpc) is 2.80. The van der Waals surface area contributed by atoms with Crippen LogP contribution in [0.2, 0.25) is 0 Å². The molecule has 2 aliphatic heterocycles. The summed E-state index contributed by atoms with van der Waals surface area (Å²) in [6.07, 6.45) is 9.19. The van der Waals surface area contributed by atoms with Gasteiger partial charge in [-0.1, -0.05) is 31.4 Å². The van der Waals surface area contributed by atoms with Crippen LogP contribution in [0.5, 0.6) is 0 Å². The first-order valence-electron chi connectivity index (χ1n) is 11.4. The molecule has 0 aromatic heterocycles. The maximum absolute atomic E-state index is 13.1. The highest BCUT2D eigenvalue weighted by Gasteiger charge is 2.34. The van der Waals surface area contributed by atoms with Crippen LogP contribution in [0.15, 0.2) is 29.2 Å². The van der Waals surface area contributed by atoms with Crippen molar-refractivity contribution in [3.05, 3.63) is 29.8 Å². The Kier molecular flexibility index (Phi) is 6.60. The van der Waals surface area contributed by atoms with Gasteiger partial charge in [-0.25, -0.2) is 8.42 Å². The van der Waals surface area contributed by atoms with E-state index in [4.69, 9.17) is 0 Å². The maximum Gasteiger partial charge on any atom is 0.225 e. The normalized spacial score (nSPS) is 23.2. The molecule has 2 heterocycles. The van der Waals surface area contributed by atoms with Crippen molar-refractivity contribution in [3.8, 4) is 0 Å². The van der Waals surface area contributed by atoms with E-state index in [1.165, 1.54) is 37.7 Å². The first-order valence-corrected chi connectivity index (χ1v) is 12.9. The van der Waals surface area contributed by atoms with Gasteiger partial charge in [0.05, 0.1) is 10.1 Å². The predicted octanol–water partition coefficient (Wildman–Crippen LogP) is 3.50. The summed E-state index contributed by atoms with van der Waals surface area (Å²) >= 11 is 0. The SMILES string of the molecule is O=C(C1CCNCC1)N1CCC(S(=O)(=O)c2ccc(C3CCCCC3)cc2)CC1. The number of hydrogen-bond donors (Lipinski definition) is 1. The van der Waals surface area contributed by atoms with E-state index in [0.29, 0.717) is 36.7 Å². The summed E-state index contributed by atoms with van der Waals surface area (Å²) in [7, 11) is -3.33. The van der Waals surface area contributed by atoms with Crippen LogP contribution in [0.1, 0.15) is 69.3 Å². The molecule has 0 spiro atoms. The summed E-state index contributed by atoms with van der Waals surface area (Å²) in [4.78, 5) is 15.1. The molecular formula is C23H34N2O3S. The number of carbonyl (C=O) groups is 1. The van der Waals surface area contributed by atoms with Crippen LogP contribution in [0.4, 0.5) is 0 Å². The molecule has 3 aliphatic rings. The van der Waals surface area contributed by atoms with E-state index in [0.717, 1.165) is 25.9 Å². The van der Waals surface area contributed by atoms with Crippen molar-refractivity contribution in [3.63, 3.8) is 0 Å². The molecule has 2 saturated heterocycles. The van der Waals surface area contributed by atoms with Crippen LogP contribution < -0.4 is 5.32 Å². The van der Waals surface area contributed by atoms with Gasteiger partial charge in [0.15, 0.2) is 9.84 Å². The number of rotatable bonds is 4. The number of hydrogen-bond acceptors (Lipinski definition) is 4. The number of amides is 1. The lowest BCUT2D eigenvalue weighted by molar-refractivity contribution is -0.137. The van der Waals surface area contributed by atoms with E-state index in [2.05, 4.69) is 5.32 Å². The van der Waals surface area contributed by atoms with E-state index in [-0.39, 0.29) is 17.1 Å². The molecular weight excluding hydrogens is 384 g/mol. The van der Waals surface area contributed by atoms with Gasteiger partial charge in [0, 0.05) is 19.0 Å². The minimum Gasteiger partial charge on any atom is -0.342 e. The van der Waals surface area contributed by atoms with E-state index >= 15 is 0 Å². The van der Waals surface area contributed by atoms with Crippen LogP contribution >= 0.6 is 0 Å². The Balaban J connectivity index is 1.36. The fraction of sp³-hybridized carbons (Fsp3) is 0.696. The van der Waals surface area contributed by atoms with E-state index < -0.39 is 9.84 Å². The number of nitrogens with one attached hydrogen (secondary N) is 1. The van der Waals surface area contributed by atoms with Gasteiger partial charge in [-0.2, -0.15) is 0 Å². The highest BCUT2D eigenvalue weighted by molar-refractivity contribution is 7.92. The molecule has 0 bridgehead atoms. The molecule has 0 atom stereocenters. The molecule has 29 heavy (non-hydrogen) atoms. The van der Waals surface area contributed by atoms with Gasteiger partial charge in [-0.05, 0) is 75.2 Å². The Hall–Kier alpha value is -1.40. The molecule has 1 aromatic carbocycles. The van der Waals surface area contributed by atoms with E-state index in [1.807, 2.05) is 29.2 Å². The molecule has 1 saturated carbocycles. The summed E-state index contributed by atoms with van der Waals surface area (Å²) in [5.41, 5.74) is 1.28. The number of likely N-dealkylation sites (tertiary alicyclic amines) is 1. The lowest BCUT2D eigenvalue weighted by Gasteiger charge is -2.35. The van der Waals surface area contributed by atoms with Gasteiger partial charge in [-0.15, -0.1) is 0 Å². The van der Waals surface area contributed by atoms with Gasteiger partial charge in [0.1, 0.15) is 0 Å². The third-order valence-electron chi connectivity index (χ3n) is 7.17. The van der Waals surface area contributed by atoms with Gasteiger partial charge in [0.25, 0.3) is 0 Å². The monoisotopic (exact) mass is 418 g/mol. The summed E-state index contributed by atoms with van der Waals surface area (Å²) in [6.45, 7) is 2.93. The zero-order chi connectivity index (χ0) is 20.3. The molecule has 1 N–H and O–H groups in total.